The van der Waals surface area contributed by atoms with Gasteiger partial charge in [-0.1, -0.05) is 11.6 Å². The average molecular weight is 357 g/mol. The fourth-order valence-electron chi connectivity index (χ4n) is 4.52. The second kappa shape index (κ2) is 6.86. The quantitative estimate of drug-likeness (QED) is 0.752. The third-order valence-corrected chi connectivity index (χ3v) is 5.88. The second-order valence-electron chi connectivity index (χ2n) is 7.55. The monoisotopic (exact) mass is 357 g/mol. The lowest BCUT2D eigenvalue weighted by Crippen LogP contribution is -2.44. The van der Waals surface area contributed by atoms with Crippen LogP contribution in [0.4, 0.5) is 0 Å². The summed E-state index contributed by atoms with van der Waals surface area (Å²) >= 11 is 0. The first-order valence-corrected chi connectivity index (χ1v) is 9.47. The number of carbonyl (C=O) groups excluding carboxylic acids is 1. The summed E-state index contributed by atoms with van der Waals surface area (Å²) in [7, 11) is 4.71. The van der Waals surface area contributed by atoms with Crippen LogP contribution >= 0.6 is 0 Å². The molecule has 2 heterocycles. The zero-order valence-corrected chi connectivity index (χ0v) is 15.8. The van der Waals surface area contributed by atoms with E-state index in [0.29, 0.717) is 34.9 Å². The lowest BCUT2D eigenvalue weighted by Gasteiger charge is -2.36. The minimum absolute atomic E-state index is 0.0424. The zero-order chi connectivity index (χ0) is 18.3. The first-order valence-electron chi connectivity index (χ1n) is 9.47. The summed E-state index contributed by atoms with van der Waals surface area (Å²) in [6.45, 7) is 0. The van der Waals surface area contributed by atoms with Crippen molar-refractivity contribution in [2.45, 2.75) is 50.6 Å². The number of carbonyl (C=O) groups is 1. The predicted octanol–water partition coefficient (Wildman–Crippen LogP) is 3.82. The van der Waals surface area contributed by atoms with Crippen molar-refractivity contribution in [3.63, 3.8) is 0 Å². The van der Waals surface area contributed by atoms with Crippen molar-refractivity contribution >= 4 is 5.91 Å². The Balaban J connectivity index is 1.62. The molecule has 0 spiro atoms. The molecule has 0 aromatic heterocycles. The summed E-state index contributed by atoms with van der Waals surface area (Å²) < 4.78 is 16.3. The Bertz CT molecular complexity index is 722. The van der Waals surface area contributed by atoms with E-state index in [9.17, 15) is 4.79 Å². The van der Waals surface area contributed by atoms with Crippen molar-refractivity contribution in [3.05, 3.63) is 29.3 Å². The van der Waals surface area contributed by atoms with Gasteiger partial charge in [-0.25, -0.2) is 0 Å². The number of hydrogen-bond acceptors (Lipinski definition) is 4. The molecule has 2 bridgehead atoms. The smallest absolute Gasteiger partial charge is 0.258 e. The van der Waals surface area contributed by atoms with E-state index in [1.54, 1.807) is 39.0 Å². The highest BCUT2D eigenvalue weighted by Gasteiger charge is 2.42. The van der Waals surface area contributed by atoms with Gasteiger partial charge in [0.25, 0.3) is 5.91 Å². The van der Waals surface area contributed by atoms with Gasteiger partial charge in [0.2, 0.25) is 5.75 Å². The molecule has 0 N–H and O–H groups in total. The number of hydrogen-bond donors (Lipinski definition) is 0. The van der Waals surface area contributed by atoms with Gasteiger partial charge >= 0.3 is 0 Å². The van der Waals surface area contributed by atoms with Crippen molar-refractivity contribution in [2.75, 3.05) is 21.3 Å². The largest absolute Gasteiger partial charge is 0.493 e. The fourth-order valence-corrected chi connectivity index (χ4v) is 4.52. The highest BCUT2D eigenvalue weighted by atomic mass is 16.5. The standard InChI is InChI=1S/C21H27NO4/c1-24-18-9-8-17(19(25-2)20(18)26-3)21(23)22-15-6-7-16(22)12-14(11-15)10-13-4-5-13/h8-10,13,15-16H,4-7,11-12H2,1-3H3. The van der Waals surface area contributed by atoms with E-state index in [2.05, 4.69) is 11.0 Å². The van der Waals surface area contributed by atoms with Crippen LogP contribution in [0.25, 0.3) is 0 Å². The van der Waals surface area contributed by atoms with Crippen molar-refractivity contribution in [1.82, 2.24) is 4.90 Å². The first kappa shape index (κ1) is 17.3. The minimum atomic E-state index is 0.0424. The molecule has 26 heavy (non-hydrogen) atoms. The summed E-state index contributed by atoms with van der Waals surface area (Å²) in [5.74, 6) is 2.34. The Morgan fingerprint density at radius 1 is 0.962 bits per heavy atom. The summed E-state index contributed by atoms with van der Waals surface area (Å²) in [5, 5.41) is 0. The van der Waals surface area contributed by atoms with Gasteiger partial charge in [-0.3, -0.25) is 4.79 Å². The van der Waals surface area contributed by atoms with E-state index >= 15 is 0 Å². The lowest BCUT2D eigenvalue weighted by molar-refractivity contribution is 0.0630. The number of ether oxygens (including phenoxy) is 3. The number of rotatable bonds is 5. The predicted molar refractivity (Wildman–Crippen MR) is 99.1 cm³/mol. The van der Waals surface area contributed by atoms with Crippen LogP contribution in [0, 0.1) is 5.92 Å². The summed E-state index contributed by atoms with van der Waals surface area (Å²) in [6, 6.07) is 4.18. The first-order chi connectivity index (χ1) is 12.7. The third-order valence-electron chi connectivity index (χ3n) is 5.88. The van der Waals surface area contributed by atoms with Crippen molar-refractivity contribution < 1.29 is 19.0 Å². The van der Waals surface area contributed by atoms with E-state index in [-0.39, 0.29) is 5.91 Å². The molecule has 1 aromatic rings. The maximum Gasteiger partial charge on any atom is 0.258 e. The SMILES string of the molecule is COc1ccc(C(=O)N2C3CCC2CC(=CC2CC2)C3)c(OC)c1OC. The molecule has 2 saturated heterocycles. The molecule has 0 radical (unpaired) electrons. The number of methoxy groups -OCH3 is 3. The van der Waals surface area contributed by atoms with Gasteiger partial charge in [-0.15, -0.1) is 0 Å². The molecule has 5 nitrogen and oxygen atoms in total. The molecule has 4 rings (SSSR count). The molecule has 1 aliphatic carbocycles. The van der Waals surface area contributed by atoms with Crippen LogP contribution in [0.3, 0.4) is 0 Å². The Hall–Kier alpha value is -2.17. The molecule has 140 valence electrons. The molecule has 5 heteroatoms. The Morgan fingerprint density at radius 3 is 2.15 bits per heavy atom. The van der Waals surface area contributed by atoms with Gasteiger partial charge in [-0.2, -0.15) is 0 Å². The molecular formula is C21H27NO4. The van der Waals surface area contributed by atoms with E-state index in [0.717, 1.165) is 31.6 Å². The Kier molecular flexibility index (Phi) is 4.55. The van der Waals surface area contributed by atoms with E-state index in [1.165, 1.54) is 12.8 Å². The molecule has 2 aliphatic heterocycles. The van der Waals surface area contributed by atoms with Crippen LogP contribution in [0.1, 0.15) is 48.9 Å². The van der Waals surface area contributed by atoms with Gasteiger partial charge in [0.05, 0.1) is 26.9 Å². The highest BCUT2D eigenvalue weighted by molar-refractivity contribution is 5.99. The third kappa shape index (κ3) is 2.93. The van der Waals surface area contributed by atoms with E-state index in [4.69, 9.17) is 14.2 Å². The number of allylic oxidation sites excluding steroid dienone is 1. The van der Waals surface area contributed by atoms with Crippen LogP contribution in [-0.2, 0) is 0 Å². The van der Waals surface area contributed by atoms with Crippen LogP contribution in [0.5, 0.6) is 17.2 Å². The molecule has 1 amide bonds. The number of amides is 1. The second-order valence-corrected chi connectivity index (χ2v) is 7.55. The van der Waals surface area contributed by atoms with Crippen LogP contribution < -0.4 is 14.2 Å². The summed E-state index contributed by atoms with van der Waals surface area (Å²) in [6.07, 6.45) is 9.38. The normalized spacial score (nSPS) is 24.4. The van der Waals surface area contributed by atoms with Crippen molar-refractivity contribution in [1.29, 1.82) is 0 Å². The van der Waals surface area contributed by atoms with Crippen LogP contribution in [0.15, 0.2) is 23.8 Å². The number of fused-ring (bicyclic) bond motifs is 2. The number of nitrogens with zero attached hydrogens (tertiary/aromatic N) is 1. The van der Waals surface area contributed by atoms with Gasteiger partial charge in [-0.05, 0) is 56.6 Å². The Labute approximate surface area is 154 Å². The van der Waals surface area contributed by atoms with Gasteiger partial charge < -0.3 is 19.1 Å². The number of benzene rings is 1. The number of piperidine rings is 1. The van der Waals surface area contributed by atoms with E-state index in [1.807, 2.05) is 0 Å². The molecule has 2 atom stereocenters. The molecule has 1 saturated carbocycles. The van der Waals surface area contributed by atoms with Crippen molar-refractivity contribution in [2.24, 2.45) is 5.92 Å². The van der Waals surface area contributed by atoms with Crippen molar-refractivity contribution in [3.8, 4) is 17.2 Å². The summed E-state index contributed by atoms with van der Waals surface area (Å²) in [5.41, 5.74) is 2.11. The molecule has 3 fully saturated rings. The van der Waals surface area contributed by atoms with Gasteiger partial charge in [0.1, 0.15) is 0 Å². The highest BCUT2D eigenvalue weighted by Crippen LogP contribution is 2.45. The molecule has 1 aromatic carbocycles. The molecular weight excluding hydrogens is 330 g/mol. The average Bonchev–Trinajstić information content (AvgIpc) is 3.43. The van der Waals surface area contributed by atoms with E-state index < -0.39 is 0 Å². The lowest BCUT2D eigenvalue weighted by atomic mass is 9.94. The molecule has 3 aliphatic rings. The maximum absolute atomic E-state index is 13.4. The minimum Gasteiger partial charge on any atom is -0.493 e. The molecule has 2 unspecified atom stereocenters. The topological polar surface area (TPSA) is 48.0 Å². The van der Waals surface area contributed by atoms with Crippen LogP contribution in [-0.4, -0.2) is 44.2 Å². The zero-order valence-electron chi connectivity index (χ0n) is 15.8. The van der Waals surface area contributed by atoms with Gasteiger partial charge in [0.15, 0.2) is 11.5 Å². The summed E-state index contributed by atoms with van der Waals surface area (Å²) in [4.78, 5) is 15.5. The fraction of sp³-hybridized carbons (Fsp3) is 0.571. The Morgan fingerprint density at radius 2 is 1.62 bits per heavy atom. The van der Waals surface area contributed by atoms with Crippen LogP contribution in [0.2, 0.25) is 0 Å². The van der Waals surface area contributed by atoms with Gasteiger partial charge in [0, 0.05) is 12.1 Å². The maximum atomic E-state index is 13.4.